The van der Waals surface area contributed by atoms with Gasteiger partial charge in [-0.25, -0.2) is 8.42 Å². The maximum absolute atomic E-state index is 11.1. The molecule has 0 saturated carbocycles. The maximum atomic E-state index is 11.1. The molecule has 0 spiro atoms. The summed E-state index contributed by atoms with van der Waals surface area (Å²) in [4.78, 5) is 2.00. The number of aliphatic hydroxyl groups is 1. The molecule has 4 nitrogen and oxygen atoms in total. The van der Waals surface area contributed by atoms with Gasteiger partial charge in [0.15, 0.2) is 9.84 Å². The largest absolute Gasteiger partial charge is 0.395 e. The standard InChI is InChI=1S/C7H15NO3S/c1-2-8-3-4-12(10,11)6-7(8)5-9/h7,9H,2-6H2,1H3/t7-/m0/s1. The maximum Gasteiger partial charge on any atom is 0.153 e. The van der Waals surface area contributed by atoms with Crippen LogP contribution in [0.3, 0.4) is 0 Å². The van der Waals surface area contributed by atoms with Gasteiger partial charge in [0.1, 0.15) is 0 Å². The van der Waals surface area contributed by atoms with Crippen molar-refractivity contribution >= 4 is 9.84 Å². The van der Waals surface area contributed by atoms with Crippen LogP contribution < -0.4 is 0 Å². The number of aliphatic hydroxyl groups excluding tert-OH is 1. The molecule has 0 bridgehead atoms. The van der Waals surface area contributed by atoms with Crippen LogP contribution in [0.2, 0.25) is 0 Å². The Hall–Kier alpha value is -0.130. The summed E-state index contributed by atoms with van der Waals surface area (Å²) in [6.45, 7) is 3.28. The number of hydrogen-bond acceptors (Lipinski definition) is 4. The van der Waals surface area contributed by atoms with E-state index in [-0.39, 0.29) is 24.2 Å². The van der Waals surface area contributed by atoms with Crippen molar-refractivity contribution in [3.63, 3.8) is 0 Å². The summed E-state index contributed by atoms with van der Waals surface area (Å²) in [5.41, 5.74) is 0. The third-order valence-corrected chi connectivity index (χ3v) is 3.97. The smallest absolute Gasteiger partial charge is 0.153 e. The second-order valence-corrected chi connectivity index (χ2v) is 5.31. The molecular formula is C7H15NO3S. The Bertz CT molecular complexity index is 237. The highest BCUT2D eigenvalue weighted by atomic mass is 32.2. The predicted octanol–water partition coefficient (Wildman–Crippen LogP) is -0.902. The molecular weight excluding hydrogens is 178 g/mol. The van der Waals surface area contributed by atoms with E-state index in [9.17, 15) is 8.42 Å². The van der Waals surface area contributed by atoms with Crippen LogP contribution in [-0.2, 0) is 9.84 Å². The van der Waals surface area contributed by atoms with E-state index in [4.69, 9.17) is 5.11 Å². The molecule has 0 aromatic heterocycles. The Kier molecular flexibility index (Phi) is 3.09. The first-order valence-electron chi connectivity index (χ1n) is 4.14. The van der Waals surface area contributed by atoms with Crippen LogP contribution in [0.25, 0.3) is 0 Å². The van der Waals surface area contributed by atoms with Crippen molar-refractivity contribution in [2.24, 2.45) is 0 Å². The summed E-state index contributed by atoms with van der Waals surface area (Å²) in [5, 5.41) is 8.92. The molecule has 1 rings (SSSR count). The van der Waals surface area contributed by atoms with Gasteiger partial charge < -0.3 is 5.11 Å². The van der Waals surface area contributed by atoms with Crippen molar-refractivity contribution in [1.82, 2.24) is 4.90 Å². The summed E-state index contributed by atoms with van der Waals surface area (Å²) in [5.74, 6) is 0.342. The van der Waals surface area contributed by atoms with E-state index in [1.165, 1.54) is 0 Å². The number of likely N-dealkylation sites (N-methyl/N-ethyl adjacent to an activating group) is 1. The fourth-order valence-electron chi connectivity index (χ4n) is 1.51. The van der Waals surface area contributed by atoms with E-state index >= 15 is 0 Å². The predicted molar refractivity (Wildman–Crippen MR) is 46.8 cm³/mol. The van der Waals surface area contributed by atoms with Gasteiger partial charge in [0.25, 0.3) is 0 Å². The minimum Gasteiger partial charge on any atom is -0.395 e. The molecule has 1 heterocycles. The fourth-order valence-corrected chi connectivity index (χ4v) is 3.09. The number of hydrogen-bond donors (Lipinski definition) is 1. The molecule has 0 aromatic carbocycles. The minimum absolute atomic E-state index is 0.0624. The SMILES string of the molecule is CCN1CCS(=O)(=O)C[C@@H]1CO. The zero-order valence-corrected chi connectivity index (χ0v) is 8.05. The summed E-state index contributed by atoms with van der Waals surface area (Å²) < 4.78 is 22.3. The second kappa shape index (κ2) is 3.72. The van der Waals surface area contributed by atoms with Gasteiger partial charge in [-0.2, -0.15) is 0 Å². The average molecular weight is 193 g/mol. The van der Waals surface area contributed by atoms with Crippen LogP contribution in [0.1, 0.15) is 6.92 Å². The monoisotopic (exact) mass is 193 g/mol. The van der Waals surface area contributed by atoms with Crippen LogP contribution >= 0.6 is 0 Å². The lowest BCUT2D eigenvalue weighted by molar-refractivity contribution is 0.142. The second-order valence-electron chi connectivity index (χ2n) is 3.08. The summed E-state index contributed by atoms with van der Waals surface area (Å²) in [6, 6.07) is -0.186. The van der Waals surface area contributed by atoms with Gasteiger partial charge in [-0.3, -0.25) is 4.90 Å². The lowest BCUT2D eigenvalue weighted by Gasteiger charge is -2.33. The lowest BCUT2D eigenvalue weighted by atomic mass is 10.3. The first kappa shape index (κ1) is 9.95. The van der Waals surface area contributed by atoms with Crippen molar-refractivity contribution in [2.45, 2.75) is 13.0 Å². The van der Waals surface area contributed by atoms with Gasteiger partial charge >= 0.3 is 0 Å². The molecule has 0 radical (unpaired) electrons. The molecule has 1 aliphatic rings. The summed E-state index contributed by atoms with van der Waals surface area (Å²) in [6.07, 6.45) is 0. The number of nitrogens with zero attached hydrogens (tertiary/aromatic N) is 1. The Morgan fingerprint density at radius 3 is 2.75 bits per heavy atom. The zero-order valence-electron chi connectivity index (χ0n) is 7.23. The molecule has 1 atom stereocenters. The van der Waals surface area contributed by atoms with Gasteiger partial charge in [0.05, 0.1) is 18.1 Å². The Morgan fingerprint density at radius 1 is 1.58 bits per heavy atom. The van der Waals surface area contributed by atoms with E-state index < -0.39 is 9.84 Å². The highest BCUT2D eigenvalue weighted by Crippen LogP contribution is 2.10. The van der Waals surface area contributed by atoms with E-state index in [1.54, 1.807) is 0 Å². The van der Waals surface area contributed by atoms with Gasteiger partial charge in [-0.1, -0.05) is 6.92 Å². The van der Waals surface area contributed by atoms with Crippen LogP contribution in [0.15, 0.2) is 0 Å². The van der Waals surface area contributed by atoms with Crippen molar-refractivity contribution in [3.05, 3.63) is 0 Å². The third kappa shape index (κ3) is 2.18. The first-order chi connectivity index (χ1) is 5.59. The molecule has 72 valence electrons. The Balaban J connectivity index is 2.66. The van der Waals surface area contributed by atoms with E-state index in [0.717, 1.165) is 6.54 Å². The van der Waals surface area contributed by atoms with Crippen molar-refractivity contribution in [1.29, 1.82) is 0 Å². The quantitative estimate of drug-likeness (QED) is 0.617. The molecule has 1 N–H and O–H groups in total. The van der Waals surface area contributed by atoms with E-state index in [2.05, 4.69) is 0 Å². The number of sulfone groups is 1. The molecule has 0 unspecified atom stereocenters. The van der Waals surface area contributed by atoms with Crippen LogP contribution in [0, 0.1) is 0 Å². The summed E-state index contributed by atoms with van der Waals surface area (Å²) >= 11 is 0. The number of rotatable bonds is 2. The summed E-state index contributed by atoms with van der Waals surface area (Å²) in [7, 11) is -2.89. The molecule has 1 saturated heterocycles. The zero-order chi connectivity index (χ0) is 9.19. The first-order valence-corrected chi connectivity index (χ1v) is 5.96. The Labute approximate surface area is 73.1 Å². The lowest BCUT2D eigenvalue weighted by Crippen LogP contribution is -2.49. The highest BCUT2D eigenvalue weighted by Gasteiger charge is 2.29. The molecule has 5 heteroatoms. The average Bonchev–Trinajstić information content (AvgIpc) is 2.03. The molecule has 1 aliphatic heterocycles. The van der Waals surface area contributed by atoms with Crippen molar-refractivity contribution in [3.8, 4) is 0 Å². The molecule has 0 aliphatic carbocycles. The fraction of sp³-hybridized carbons (Fsp3) is 1.00. The van der Waals surface area contributed by atoms with Gasteiger partial charge in [0, 0.05) is 12.6 Å². The van der Waals surface area contributed by atoms with Crippen LogP contribution in [0.5, 0.6) is 0 Å². The molecule has 12 heavy (non-hydrogen) atoms. The van der Waals surface area contributed by atoms with Crippen LogP contribution in [-0.4, -0.2) is 55.7 Å². The molecule has 1 fully saturated rings. The minimum atomic E-state index is -2.89. The molecule has 0 aromatic rings. The highest BCUT2D eigenvalue weighted by molar-refractivity contribution is 7.91. The van der Waals surface area contributed by atoms with Gasteiger partial charge in [-0.15, -0.1) is 0 Å². The topological polar surface area (TPSA) is 57.6 Å². The van der Waals surface area contributed by atoms with E-state index in [1.807, 2.05) is 11.8 Å². The van der Waals surface area contributed by atoms with Crippen molar-refractivity contribution < 1.29 is 13.5 Å². The van der Waals surface area contributed by atoms with Crippen molar-refractivity contribution in [2.75, 3.05) is 31.2 Å². The van der Waals surface area contributed by atoms with Gasteiger partial charge in [0.2, 0.25) is 0 Å². The normalized spacial score (nSPS) is 30.3. The van der Waals surface area contributed by atoms with Crippen LogP contribution in [0.4, 0.5) is 0 Å². The molecule has 0 amide bonds. The third-order valence-electron chi connectivity index (χ3n) is 2.27. The van der Waals surface area contributed by atoms with Gasteiger partial charge in [-0.05, 0) is 6.54 Å². The van der Waals surface area contributed by atoms with E-state index in [0.29, 0.717) is 6.54 Å². The Morgan fingerprint density at radius 2 is 2.25 bits per heavy atom.